The van der Waals surface area contributed by atoms with Crippen LogP contribution < -0.4 is 5.56 Å². The topological polar surface area (TPSA) is 94.9 Å². The highest BCUT2D eigenvalue weighted by Crippen LogP contribution is 2.23. The van der Waals surface area contributed by atoms with Crippen LogP contribution in [-0.4, -0.2) is 20.9 Å². The number of aromatic hydroxyl groups is 2. The fourth-order valence-corrected chi connectivity index (χ4v) is 2.07. The standard InChI is InChI=1S/C16H18N2O4/c1-9-4-6-12(7-5-9)8-22-18-11(3)13-10(2)14(19)16(21)17-15(13)20/h4-7,19H,8H2,1-3H3,(H2,17,20,21). The predicted octanol–water partition coefficient (Wildman–Crippen LogP) is 2.34. The molecule has 0 fully saturated rings. The fraction of sp³-hybridized carbons (Fsp3) is 0.250. The fourth-order valence-electron chi connectivity index (χ4n) is 2.07. The lowest BCUT2D eigenvalue weighted by Gasteiger charge is -2.09. The molecular formula is C16H18N2O4. The van der Waals surface area contributed by atoms with E-state index in [1.54, 1.807) is 6.92 Å². The van der Waals surface area contributed by atoms with Crippen LogP contribution in [0.4, 0.5) is 0 Å². The van der Waals surface area contributed by atoms with Gasteiger partial charge in [-0.05, 0) is 26.3 Å². The normalized spacial score (nSPS) is 11.5. The summed E-state index contributed by atoms with van der Waals surface area (Å²) in [6.07, 6.45) is 0. The van der Waals surface area contributed by atoms with E-state index in [9.17, 15) is 15.0 Å². The molecule has 0 unspecified atom stereocenters. The lowest BCUT2D eigenvalue weighted by atomic mass is 10.1. The molecule has 0 bridgehead atoms. The number of hydrogen-bond donors (Lipinski definition) is 3. The van der Waals surface area contributed by atoms with Crippen molar-refractivity contribution in [3.8, 4) is 11.6 Å². The second-order valence-corrected chi connectivity index (χ2v) is 5.09. The van der Waals surface area contributed by atoms with Crippen molar-refractivity contribution in [2.75, 3.05) is 0 Å². The van der Waals surface area contributed by atoms with Gasteiger partial charge in [-0.3, -0.25) is 9.78 Å². The van der Waals surface area contributed by atoms with E-state index in [-0.39, 0.29) is 23.6 Å². The second-order valence-electron chi connectivity index (χ2n) is 5.09. The molecule has 1 aromatic heterocycles. The summed E-state index contributed by atoms with van der Waals surface area (Å²) in [5.74, 6) is -0.790. The number of nitrogens with zero attached hydrogens (tertiary/aromatic N) is 1. The maximum Gasteiger partial charge on any atom is 0.293 e. The SMILES string of the molecule is CC(=NOCc1ccc(C)cc1)c1c(O)[nH]c(=O)c(O)c1C. The van der Waals surface area contributed by atoms with Crippen LogP contribution in [-0.2, 0) is 11.4 Å². The predicted molar refractivity (Wildman–Crippen MR) is 83.3 cm³/mol. The average Bonchev–Trinajstić information content (AvgIpc) is 2.47. The van der Waals surface area contributed by atoms with Crippen LogP contribution in [0.15, 0.2) is 34.2 Å². The van der Waals surface area contributed by atoms with Crippen LogP contribution >= 0.6 is 0 Å². The van der Waals surface area contributed by atoms with Gasteiger partial charge in [-0.15, -0.1) is 0 Å². The van der Waals surface area contributed by atoms with Crippen molar-refractivity contribution in [2.45, 2.75) is 27.4 Å². The molecule has 0 aliphatic heterocycles. The first-order valence-corrected chi connectivity index (χ1v) is 6.77. The maximum absolute atomic E-state index is 11.3. The Morgan fingerprint density at radius 2 is 1.86 bits per heavy atom. The molecule has 116 valence electrons. The number of H-pyrrole nitrogens is 1. The third-order valence-electron chi connectivity index (χ3n) is 3.33. The molecular weight excluding hydrogens is 284 g/mol. The molecule has 0 aliphatic carbocycles. The number of benzene rings is 1. The summed E-state index contributed by atoms with van der Waals surface area (Å²) in [4.78, 5) is 18.7. The molecule has 6 nitrogen and oxygen atoms in total. The second kappa shape index (κ2) is 6.34. The van der Waals surface area contributed by atoms with Crippen LogP contribution in [0.3, 0.4) is 0 Å². The van der Waals surface area contributed by atoms with Crippen LogP contribution in [0.25, 0.3) is 0 Å². The Morgan fingerprint density at radius 1 is 1.23 bits per heavy atom. The molecule has 0 spiro atoms. The van der Waals surface area contributed by atoms with Crippen molar-refractivity contribution in [1.29, 1.82) is 0 Å². The molecule has 2 rings (SSSR count). The molecule has 22 heavy (non-hydrogen) atoms. The van der Waals surface area contributed by atoms with Gasteiger partial charge in [0.05, 0.1) is 11.3 Å². The van der Waals surface area contributed by atoms with Gasteiger partial charge in [0.2, 0.25) is 5.88 Å². The Balaban J connectivity index is 2.18. The molecule has 2 aromatic rings. The minimum Gasteiger partial charge on any atom is -0.503 e. The molecule has 3 N–H and O–H groups in total. The van der Waals surface area contributed by atoms with Crippen molar-refractivity contribution >= 4 is 5.71 Å². The Morgan fingerprint density at radius 3 is 2.50 bits per heavy atom. The molecule has 1 heterocycles. The van der Waals surface area contributed by atoms with Crippen LogP contribution in [0.2, 0.25) is 0 Å². The summed E-state index contributed by atoms with van der Waals surface area (Å²) in [6, 6.07) is 7.83. The van der Waals surface area contributed by atoms with Crippen molar-refractivity contribution in [3.63, 3.8) is 0 Å². The average molecular weight is 302 g/mol. The zero-order valence-electron chi connectivity index (χ0n) is 12.7. The highest BCUT2D eigenvalue weighted by molar-refractivity contribution is 6.01. The quantitative estimate of drug-likeness (QED) is 0.597. The Labute approximate surface area is 127 Å². The van der Waals surface area contributed by atoms with Crippen LogP contribution in [0, 0.1) is 13.8 Å². The zero-order chi connectivity index (χ0) is 16.3. The van der Waals surface area contributed by atoms with E-state index in [1.807, 2.05) is 31.2 Å². The van der Waals surface area contributed by atoms with Gasteiger partial charge in [0.1, 0.15) is 6.61 Å². The van der Waals surface area contributed by atoms with E-state index >= 15 is 0 Å². The number of hydrogen-bond acceptors (Lipinski definition) is 5. The lowest BCUT2D eigenvalue weighted by Crippen LogP contribution is -2.12. The maximum atomic E-state index is 11.3. The van der Waals surface area contributed by atoms with E-state index in [0.29, 0.717) is 5.71 Å². The Bertz CT molecular complexity index is 761. The molecule has 0 saturated heterocycles. The summed E-state index contributed by atoms with van der Waals surface area (Å²) in [6.45, 7) is 5.43. The van der Waals surface area contributed by atoms with Gasteiger partial charge in [-0.25, -0.2) is 0 Å². The minimum atomic E-state index is -0.743. The summed E-state index contributed by atoms with van der Waals surface area (Å²) in [7, 11) is 0. The first kappa shape index (κ1) is 15.6. The monoisotopic (exact) mass is 302 g/mol. The molecule has 1 aromatic carbocycles. The van der Waals surface area contributed by atoms with Gasteiger partial charge < -0.3 is 15.1 Å². The van der Waals surface area contributed by atoms with Gasteiger partial charge in [0.25, 0.3) is 5.56 Å². The summed E-state index contributed by atoms with van der Waals surface area (Å²) in [5.41, 5.74) is 2.24. The number of rotatable bonds is 4. The Kier molecular flexibility index (Phi) is 4.50. The van der Waals surface area contributed by atoms with Gasteiger partial charge in [-0.2, -0.15) is 0 Å². The minimum absolute atomic E-state index is 0.251. The summed E-state index contributed by atoms with van der Waals surface area (Å²) in [5, 5.41) is 23.4. The summed E-state index contributed by atoms with van der Waals surface area (Å²) < 4.78 is 0. The largest absolute Gasteiger partial charge is 0.503 e. The van der Waals surface area contributed by atoms with Crippen LogP contribution in [0.5, 0.6) is 11.6 Å². The highest BCUT2D eigenvalue weighted by Gasteiger charge is 2.16. The molecule has 0 saturated carbocycles. The molecule has 0 atom stereocenters. The highest BCUT2D eigenvalue weighted by atomic mass is 16.6. The van der Waals surface area contributed by atoms with Crippen molar-refractivity contribution in [2.24, 2.45) is 5.16 Å². The van der Waals surface area contributed by atoms with E-state index < -0.39 is 11.3 Å². The Hall–Kier alpha value is -2.76. The zero-order valence-corrected chi connectivity index (χ0v) is 12.7. The third kappa shape index (κ3) is 3.28. The first-order valence-electron chi connectivity index (χ1n) is 6.77. The van der Waals surface area contributed by atoms with Gasteiger partial charge >= 0.3 is 0 Å². The van der Waals surface area contributed by atoms with Crippen molar-refractivity contribution in [1.82, 2.24) is 4.98 Å². The van der Waals surface area contributed by atoms with E-state index in [2.05, 4.69) is 10.1 Å². The van der Waals surface area contributed by atoms with E-state index in [1.165, 1.54) is 6.92 Å². The molecule has 0 amide bonds. The van der Waals surface area contributed by atoms with Gasteiger partial charge in [0, 0.05) is 5.56 Å². The number of nitrogens with one attached hydrogen (secondary N) is 1. The number of aromatic amines is 1. The van der Waals surface area contributed by atoms with E-state index in [0.717, 1.165) is 11.1 Å². The van der Waals surface area contributed by atoms with Gasteiger partial charge in [-0.1, -0.05) is 35.0 Å². The third-order valence-corrected chi connectivity index (χ3v) is 3.33. The lowest BCUT2D eigenvalue weighted by molar-refractivity contribution is 0.130. The number of aryl methyl sites for hydroxylation is 1. The van der Waals surface area contributed by atoms with Crippen molar-refractivity contribution < 1.29 is 15.1 Å². The number of pyridine rings is 1. The van der Waals surface area contributed by atoms with Crippen molar-refractivity contribution in [3.05, 3.63) is 56.9 Å². The summed E-state index contributed by atoms with van der Waals surface area (Å²) >= 11 is 0. The number of oxime groups is 1. The molecule has 6 heteroatoms. The van der Waals surface area contributed by atoms with Gasteiger partial charge in [0.15, 0.2) is 5.75 Å². The van der Waals surface area contributed by atoms with E-state index in [4.69, 9.17) is 4.84 Å². The first-order chi connectivity index (χ1) is 10.4. The molecule has 0 aliphatic rings. The smallest absolute Gasteiger partial charge is 0.293 e. The number of aromatic nitrogens is 1. The molecule has 0 radical (unpaired) electrons. The van der Waals surface area contributed by atoms with Crippen LogP contribution in [0.1, 0.15) is 29.2 Å².